The van der Waals surface area contributed by atoms with Crippen molar-refractivity contribution in [1.82, 2.24) is 10.6 Å². The summed E-state index contributed by atoms with van der Waals surface area (Å²) in [5.74, 6) is 4.69. The van der Waals surface area contributed by atoms with Crippen LogP contribution in [0.2, 0.25) is 0 Å². The van der Waals surface area contributed by atoms with E-state index in [2.05, 4.69) is 10.6 Å². The second-order valence-corrected chi connectivity index (χ2v) is 13.0. The van der Waals surface area contributed by atoms with E-state index in [-0.39, 0.29) is 11.8 Å². The van der Waals surface area contributed by atoms with E-state index in [1.54, 1.807) is 6.92 Å². The number of nitrogens with one attached hydrogen (secondary N) is 2. The first-order valence-corrected chi connectivity index (χ1v) is 12.9. The summed E-state index contributed by atoms with van der Waals surface area (Å²) in [5.41, 5.74) is 0.666. The third-order valence-electron chi connectivity index (χ3n) is 10.4. The molecule has 8 bridgehead atoms. The second kappa shape index (κ2) is 6.97. The Labute approximate surface area is 181 Å². The highest BCUT2D eigenvalue weighted by Crippen LogP contribution is 2.60. The maximum atomic E-state index is 12.8. The van der Waals surface area contributed by atoms with Gasteiger partial charge in [-0.1, -0.05) is 0 Å². The van der Waals surface area contributed by atoms with Crippen LogP contribution in [-0.2, 0) is 9.59 Å². The summed E-state index contributed by atoms with van der Waals surface area (Å²) in [7, 11) is 0. The van der Waals surface area contributed by atoms with Crippen LogP contribution in [0, 0.1) is 52.3 Å². The van der Waals surface area contributed by atoms with Gasteiger partial charge < -0.3 is 10.6 Å². The first-order valence-electron chi connectivity index (χ1n) is 12.9. The van der Waals surface area contributed by atoms with Crippen LogP contribution in [-0.4, -0.2) is 24.9 Å². The van der Waals surface area contributed by atoms with Gasteiger partial charge in [-0.25, -0.2) is 0 Å². The number of hydrogen-bond acceptors (Lipinski definition) is 2. The SMILES string of the molecule is CC(C(=O)NCC12CC3CC(CC(C3)C1)C2)C(=O)NCC12CC3CC(CC(C3)C1)C2. The zero-order chi connectivity index (χ0) is 20.5. The lowest BCUT2D eigenvalue weighted by Gasteiger charge is -2.57. The molecule has 0 aromatic carbocycles. The van der Waals surface area contributed by atoms with Gasteiger partial charge in [0.2, 0.25) is 11.8 Å². The van der Waals surface area contributed by atoms with Crippen molar-refractivity contribution in [2.45, 2.75) is 84.0 Å². The fourth-order valence-corrected chi connectivity index (χ4v) is 9.99. The molecule has 8 aliphatic carbocycles. The van der Waals surface area contributed by atoms with E-state index < -0.39 is 5.92 Å². The van der Waals surface area contributed by atoms with Crippen molar-refractivity contribution in [1.29, 1.82) is 0 Å². The molecule has 0 spiro atoms. The molecule has 0 heterocycles. The fourth-order valence-electron chi connectivity index (χ4n) is 9.99. The molecule has 2 amide bonds. The molecule has 0 aromatic heterocycles. The van der Waals surface area contributed by atoms with Gasteiger partial charge in [0.1, 0.15) is 5.92 Å². The smallest absolute Gasteiger partial charge is 0.232 e. The lowest BCUT2D eigenvalue weighted by Crippen LogP contribution is -2.53. The number of amides is 2. The van der Waals surface area contributed by atoms with E-state index >= 15 is 0 Å². The normalized spacial score (nSPS) is 48.6. The van der Waals surface area contributed by atoms with E-state index in [4.69, 9.17) is 0 Å². The first-order chi connectivity index (χ1) is 14.4. The zero-order valence-electron chi connectivity index (χ0n) is 18.8. The Morgan fingerprint density at radius 3 is 1.17 bits per heavy atom. The van der Waals surface area contributed by atoms with Gasteiger partial charge in [-0.3, -0.25) is 9.59 Å². The van der Waals surface area contributed by atoms with E-state index in [0.717, 1.165) is 48.6 Å². The van der Waals surface area contributed by atoms with Crippen LogP contribution in [0.4, 0.5) is 0 Å². The molecule has 0 radical (unpaired) electrons. The number of carbonyl (C=O) groups is 2. The highest BCUT2D eigenvalue weighted by molar-refractivity contribution is 5.99. The van der Waals surface area contributed by atoms with Gasteiger partial charge in [0.05, 0.1) is 0 Å². The third kappa shape index (κ3) is 3.41. The quantitative estimate of drug-likeness (QED) is 0.640. The molecule has 30 heavy (non-hydrogen) atoms. The topological polar surface area (TPSA) is 58.2 Å². The standard InChI is InChI=1S/C26H40N2O2/c1-16(23(29)27-14-25-8-17-2-18(9-25)4-19(3-17)10-25)24(30)28-15-26-11-20-5-21(12-26)7-22(6-20)13-26/h16-22H,2-15H2,1H3,(H,27,29)(H,28,30). The monoisotopic (exact) mass is 412 g/mol. The van der Waals surface area contributed by atoms with Gasteiger partial charge in [-0.05, 0) is 130 Å². The van der Waals surface area contributed by atoms with Gasteiger partial charge in [0.25, 0.3) is 0 Å². The molecule has 2 N–H and O–H groups in total. The summed E-state index contributed by atoms with van der Waals surface area (Å²) in [6.07, 6.45) is 16.3. The van der Waals surface area contributed by atoms with E-state index in [9.17, 15) is 9.59 Å². The molecule has 4 heteroatoms. The molecule has 8 saturated carbocycles. The van der Waals surface area contributed by atoms with Gasteiger partial charge in [0.15, 0.2) is 0 Å². The molecule has 0 atom stereocenters. The molecule has 0 unspecified atom stereocenters. The Bertz CT molecular complexity index is 598. The number of hydrogen-bond donors (Lipinski definition) is 2. The second-order valence-electron chi connectivity index (χ2n) is 13.0. The molecular weight excluding hydrogens is 372 g/mol. The lowest BCUT2D eigenvalue weighted by atomic mass is 9.49. The molecule has 4 nitrogen and oxygen atoms in total. The Morgan fingerprint density at radius 2 is 0.900 bits per heavy atom. The molecule has 0 saturated heterocycles. The fraction of sp³-hybridized carbons (Fsp3) is 0.923. The third-order valence-corrected chi connectivity index (χ3v) is 10.4. The molecule has 166 valence electrons. The number of carbonyl (C=O) groups excluding carboxylic acids is 2. The molecule has 0 aliphatic heterocycles. The van der Waals surface area contributed by atoms with Crippen LogP contribution in [0.3, 0.4) is 0 Å². The zero-order valence-corrected chi connectivity index (χ0v) is 18.8. The van der Waals surface area contributed by atoms with E-state index in [1.165, 1.54) is 77.0 Å². The van der Waals surface area contributed by atoms with Gasteiger partial charge in [0, 0.05) is 13.1 Å². The van der Waals surface area contributed by atoms with Crippen LogP contribution in [0.5, 0.6) is 0 Å². The molecular formula is C26H40N2O2. The average molecular weight is 413 g/mol. The van der Waals surface area contributed by atoms with E-state index in [1.807, 2.05) is 0 Å². The largest absolute Gasteiger partial charge is 0.355 e. The van der Waals surface area contributed by atoms with Crippen LogP contribution < -0.4 is 10.6 Å². The van der Waals surface area contributed by atoms with Gasteiger partial charge in [-0.2, -0.15) is 0 Å². The van der Waals surface area contributed by atoms with Gasteiger partial charge >= 0.3 is 0 Å². The molecule has 0 aromatic rings. The summed E-state index contributed by atoms with van der Waals surface area (Å²) < 4.78 is 0. The number of rotatable bonds is 6. The Morgan fingerprint density at radius 1 is 0.633 bits per heavy atom. The Balaban J connectivity index is 1.01. The molecule has 8 fully saturated rings. The average Bonchev–Trinajstić information content (AvgIpc) is 2.68. The minimum absolute atomic E-state index is 0.0613. The Kier molecular flexibility index (Phi) is 4.56. The molecule has 8 aliphatic rings. The predicted molar refractivity (Wildman–Crippen MR) is 116 cm³/mol. The highest BCUT2D eigenvalue weighted by Gasteiger charge is 2.52. The van der Waals surface area contributed by atoms with Gasteiger partial charge in [-0.15, -0.1) is 0 Å². The van der Waals surface area contributed by atoms with Crippen molar-refractivity contribution in [3.8, 4) is 0 Å². The minimum atomic E-state index is -0.576. The van der Waals surface area contributed by atoms with Crippen molar-refractivity contribution in [3.63, 3.8) is 0 Å². The summed E-state index contributed by atoms with van der Waals surface area (Å²) in [4.78, 5) is 25.7. The van der Waals surface area contributed by atoms with Crippen molar-refractivity contribution in [2.75, 3.05) is 13.1 Å². The first kappa shape index (κ1) is 19.6. The summed E-state index contributed by atoms with van der Waals surface area (Å²) in [6, 6.07) is 0. The summed E-state index contributed by atoms with van der Waals surface area (Å²) in [5, 5.41) is 6.43. The van der Waals surface area contributed by atoms with Crippen LogP contribution in [0.1, 0.15) is 84.0 Å². The summed E-state index contributed by atoms with van der Waals surface area (Å²) in [6.45, 7) is 3.38. The van der Waals surface area contributed by atoms with E-state index in [0.29, 0.717) is 10.8 Å². The van der Waals surface area contributed by atoms with Crippen LogP contribution >= 0.6 is 0 Å². The maximum absolute atomic E-state index is 12.8. The minimum Gasteiger partial charge on any atom is -0.355 e. The van der Waals surface area contributed by atoms with Crippen molar-refractivity contribution >= 4 is 11.8 Å². The maximum Gasteiger partial charge on any atom is 0.232 e. The van der Waals surface area contributed by atoms with Crippen LogP contribution in [0.15, 0.2) is 0 Å². The molecule has 8 rings (SSSR count). The lowest BCUT2D eigenvalue weighted by molar-refractivity contribution is -0.136. The highest BCUT2D eigenvalue weighted by atomic mass is 16.2. The van der Waals surface area contributed by atoms with Crippen LogP contribution in [0.25, 0.3) is 0 Å². The Hall–Kier alpha value is -1.06. The van der Waals surface area contributed by atoms with Crippen molar-refractivity contribution < 1.29 is 9.59 Å². The van der Waals surface area contributed by atoms with Crippen molar-refractivity contribution in [3.05, 3.63) is 0 Å². The van der Waals surface area contributed by atoms with Crippen molar-refractivity contribution in [2.24, 2.45) is 52.3 Å². The summed E-state index contributed by atoms with van der Waals surface area (Å²) >= 11 is 0. The predicted octanol–water partition coefficient (Wildman–Crippen LogP) is 4.29.